The number of pyridine rings is 1. The van der Waals surface area contributed by atoms with Crippen LogP contribution in [0.5, 0.6) is 0 Å². The Morgan fingerprint density at radius 1 is 1.12 bits per heavy atom. The number of thiocarbonyl (C=S) groups is 1. The summed E-state index contributed by atoms with van der Waals surface area (Å²) in [4.78, 5) is 13.6. The molecule has 0 aliphatic heterocycles. The van der Waals surface area contributed by atoms with Crippen LogP contribution in [0.3, 0.4) is 0 Å². The highest BCUT2D eigenvalue weighted by Crippen LogP contribution is 2.20. The monoisotopic (exact) mass is 341 g/mol. The van der Waals surface area contributed by atoms with Gasteiger partial charge in [0.15, 0.2) is 17.4 Å². The zero-order valence-electron chi connectivity index (χ0n) is 14.5. The third kappa shape index (κ3) is 4.26. The van der Waals surface area contributed by atoms with Crippen LogP contribution in [0.15, 0.2) is 54.9 Å². The van der Waals surface area contributed by atoms with Crippen molar-refractivity contribution in [3.8, 4) is 0 Å². The van der Waals surface area contributed by atoms with Gasteiger partial charge in [0.05, 0.1) is 0 Å². The Bertz CT molecular complexity index is 683. The molecule has 0 aliphatic rings. The van der Waals surface area contributed by atoms with E-state index in [-0.39, 0.29) is 5.78 Å². The average molecular weight is 342 g/mol. The summed E-state index contributed by atoms with van der Waals surface area (Å²) in [5.41, 5.74) is 1.94. The van der Waals surface area contributed by atoms with Crippen molar-refractivity contribution in [3.05, 3.63) is 66.0 Å². The number of Topliss-reactive ketones (excluding diaryl/α,β-unsaturated/α-hetero) is 1. The van der Waals surface area contributed by atoms with Crippen LogP contribution in [0.2, 0.25) is 0 Å². The van der Waals surface area contributed by atoms with Gasteiger partial charge in [0.25, 0.3) is 6.04 Å². The number of benzene rings is 1. The molecule has 0 bridgehead atoms. The number of ketones is 1. The number of nitrogens with zero attached hydrogens (tertiary/aromatic N) is 1. The summed E-state index contributed by atoms with van der Waals surface area (Å²) in [6.07, 6.45) is 4.83. The maximum atomic E-state index is 13.1. The van der Waals surface area contributed by atoms with Crippen molar-refractivity contribution in [1.82, 2.24) is 5.32 Å². The van der Waals surface area contributed by atoms with Crippen molar-refractivity contribution < 1.29 is 9.36 Å². The van der Waals surface area contributed by atoms with Crippen LogP contribution >= 0.6 is 12.2 Å². The van der Waals surface area contributed by atoms with Gasteiger partial charge in [0.1, 0.15) is 0 Å². The summed E-state index contributed by atoms with van der Waals surface area (Å²) in [5, 5.41) is 3.12. The van der Waals surface area contributed by atoms with Gasteiger partial charge in [-0.1, -0.05) is 56.4 Å². The summed E-state index contributed by atoms with van der Waals surface area (Å²) in [6.45, 7) is 7.04. The Hall–Kier alpha value is -2.07. The Morgan fingerprint density at radius 2 is 1.75 bits per heavy atom. The molecule has 4 heteroatoms. The Morgan fingerprint density at radius 3 is 2.29 bits per heavy atom. The molecule has 0 saturated carbocycles. The molecule has 2 atom stereocenters. The second-order valence-electron chi connectivity index (χ2n) is 5.92. The zero-order valence-corrected chi connectivity index (χ0v) is 15.3. The van der Waals surface area contributed by atoms with E-state index < -0.39 is 6.04 Å². The van der Waals surface area contributed by atoms with Gasteiger partial charge in [0, 0.05) is 24.2 Å². The van der Waals surface area contributed by atoms with Gasteiger partial charge in [0.2, 0.25) is 5.78 Å². The van der Waals surface area contributed by atoms with E-state index in [2.05, 4.69) is 19.2 Å². The second kappa shape index (κ2) is 8.69. The van der Waals surface area contributed by atoms with Gasteiger partial charge in [-0.3, -0.25) is 4.79 Å². The van der Waals surface area contributed by atoms with Crippen molar-refractivity contribution in [3.63, 3.8) is 0 Å². The van der Waals surface area contributed by atoms with Crippen molar-refractivity contribution in [2.45, 2.75) is 39.2 Å². The molecular weight excluding hydrogens is 316 g/mol. The number of likely N-dealkylation sites (N-methyl/N-ethyl adjacent to an activating group) is 1. The second-order valence-corrected chi connectivity index (χ2v) is 6.36. The number of nitrogens with one attached hydrogen (secondary N) is 1. The summed E-state index contributed by atoms with van der Waals surface area (Å²) >= 11 is 5.47. The van der Waals surface area contributed by atoms with Crippen molar-refractivity contribution in [1.29, 1.82) is 0 Å². The third-order valence-corrected chi connectivity index (χ3v) is 4.63. The van der Waals surface area contributed by atoms with Crippen LogP contribution in [0.1, 0.15) is 55.1 Å². The number of carbonyl (C=O) groups excluding carboxylic acids is 1. The van der Waals surface area contributed by atoms with E-state index in [1.54, 1.807) is 0 Å². The lowest BCUT2D eigenvalue weighted by atomic mass is 9.95. The van der Waals surface area contributed by atoms with Gasteiger partial charge in [-0.15, -0.1) is 0 Å². The average Bonchev–Trinajstić information content (AvgIpc) is 2.62. The van der Waals surface area contributed by atoms with Gasteiger partial charge < -0.3 is 5.32 Å². The number of hydrogen-bond donors (Lipinski definition) is 1. The molecule has 1 aromatic heterocycles. The lowest BCUT2D eigenvalue weighted by Gasteiger charge is -2.14. The minimum absolute atomic E-state index is 0.00727. The Labute approximate surface area is 149 Å². The predicted molar refractivity (Wildman–Crippen MR) is 101 cm³/mol. The van der Waals surface area contributed by atoms with Gasteiger partial charge in [-0.25, -0.2) is 0 Å². The standard InChI is InChI=1S/C20H24N2OS/c1-4-15(3)16-9-11-17(12-10-16)19(23)18(20(24)21-5-2)22-13-7-6-8-14-22/h6-15,18H,4-5H2,1-3H3/p+1/t15-,18-/m0/s1. The van der Waals surface area contributed by atoms with Gasteiger partial charge >= 0.3 is 0 Å². The highest BCUT2D eigenvalue weighted by molar-refractivity contribution is 7.80. The quantitative estimate of drug-likeness (QED) is 0.472. The number of carbonyl (C=O) groups is 1. The zero-order chi connectivity index (χ0) is 17.5. The first-order chi connectivity index (χ1) is 11.6. The summed E-state index contributed by atoms with van der Waals surface area (Å²) < 4.78 is 1.86. The fraction of sp³-hybridized carbons (Fsp3) is 0.350. The molecule has 126 valence electrons. The van der Waals surface area contributed by atoms with E-state index in [1.807, 2.05) is 66.3 Å². The molecule has 1 heterocycles. The van der Waals surface area contributed by atoms with Crippen molar-refractivity contribution in [2.75, 3.05) is 6.54 Å². The van der Waals surface area contributed by atoms with E-state index in [0.29, 0.717) is 23.0 Å². The predicted octanol–water partition coefficient (Wildman–Crippen LogP) is 3.85. The fourth-order valence-corrected chi connectivity index (χ4v) is 2.99. The molecule has 0 unspecified atom stereocenters. The molecule has 0 spiro atoms. The number of aromatic nitrogens is 1. The van der Waals surface area contributed by atoms with Crippen LogP contribution < -0.4 is 9.88 Å². The van der Waals surface area contributed by atoms with Gasteiger partial charge in [-0.05, 0) is 24.8 Å². The Balaban J connectivity index is 2.32. The summed E-state index contributed by atoms with van der Waals surface area (Å²) in [5.74, 6) is 0.504. The molecule has 2 rings (SSSR count). The maximum absolute atomic E-state index is 13.1. The number of hydrogen-bond acceptors (Lipinski definition) is 2. The first-order valence-corrected chi connectivity index (χ1v) is 8.87. The smallest absolute Gasteiger partial charge is 0.270 e. The van der Waals surface area contributed by atoms with E-state index >= 15 is 0 Å². The lowest BCUT2D eigenvalue weighted by molar-refractivity contribution is -0.692. The number of rotatable bonds is 7. The first kappa shape index (κ1) is 18.3. The van der Waals surface area contributed by atoms with Crippen molar-refractivity contribution in [2.24, 2.45) is 0 Å². The molecule has 0 radical (unpaired) electrons. The van der Waals surface area contributed by atoms with Crippen LogP contribution in [0, 0.1) is 0 Å². The molecule has 0 aliphatic carbocycles. The van der Waals surface area contributed by atoms with Crippen LogP contribution in [0.4, 0.5) is 0 Å². The normalized spacial score (nSPS) is 13.1. The minimum Gasteiger partial charge on any atom is -0.374 e. The molecule has 2 aromatic rings. The molecule has 1 N–H and O–H groups in total. The molecule has 0 amide bonds. The third-order valence-electron chi connectivity index (χ3n) is 4.26. The lowest BCUT2D eigenvalue weighted by Crippen LogP contribution is -2.51. The van der Waals surface area contributed by atoms with E-state index in [1.165, 1.54) is 5.56 Å². The molecule has 3 nitrogen and oxygen atoms in total. The molecular formula is C20H25N2OS+. The van der Waals surface area contributed by atoms with Gasteiger partial charge in [-0.2, -0.15) is 4.57 Å². The minimum atomic E-state index is -0.518. The highest BCUT2D eigenvalue weighted by Gasteiger charge is 2.32. The fourth-order valence-electron chi connectivity index (χ4n) is 2.61. The van der Waals surface area contributed by atoms with E-state index in [9.17, 15) is 4.79 Å². The van der Waals surface area contributed by atoms with Crippen LogP contribution in [-0.2, 0) is 0 Å². The largest absolute Gasteiger partial charge is 0.374 e. The topological polar surface area (TPSA) is 33.0 Å². The Kier molecular flexibility index (Phi) is 6.62. The molecule has 0 fully saturated rings. The van der Waals surface area contributed by atoms with Crippen LogP contribution in [0.25, 0.3) is 0 Å². The summed E-state index contributed by atoms with van der Waals surface area (Å²) in [7, 11) is 0. The molecule has 0 saturated heterocycles. The highest BCUT2D eigenvalue weighted by atomic mass is 32.1. The van der Waals surface area contributed by atoms with Crippen LogP contribution in [-0.4, -0.2) is 17.3 Å². The first-order valence-electron chi connectivity index (χ1n) is 8.46. The summed E-state index contributed by atoms with van der Waals surface area (Å²) in [6, 6.07) is 13.1. The van der Waals surface area contributed by atoms with E-state index in [0.717, 1.165) is 6.42 Å². The molecule has 24 heavy (non-hydrogen) atoms. The van der Waals surface area contributed by atoms with Crippen molar-refractivity contribution >= 4 is 23.0 Å². The molecule has 1 aromatic carbocycles. The SMILES string of the molecule is CCNC(=S)[C@H](C(=O)c1ccc([C@@H](C)CC)cc1)[n+]1ccccc1. The van der Waals surface area contributed by atoms with E-state index in [4.69, 9.17) is 12.2 Å². The maximum Gasteiger partial charge on any atom is 0.270 e.